The fourth-order valence-electron chi connectivity index (χ4n) is 2.37. The number of rotatable bonds is 3. The summed E-state index contributed by atoms with van der Waals surface area (Å²) in [5, 5.41) is 4.51. The molecule has 1 N–H and O–H groups in total. The molecule has 4 nitrogen and oxygen atoms in total. The fraction of sp³-hybridized carbons (Fsp3) is 0.385. The molecule has 0 radical (unpaired) electrons. The van der Waals surface area contributed by atoms with Gasteiger partial charge in [-0.1, -0.05) is 17.7 Å². The summed E-state index contributed by atoms with van der Waals surface area (Å²) in [4.78, 5) is 11.0. The van der Waals surface area contributed by atoms with E-state index in [1.165, 1.54) is 5.56 Å². The Hall–Kier alpha value is -1.01. The van der Waals surface area contributed by atoms with Crippen LogP contribution in [0.2, 0.25) is 4.34 Å². The van der Waals surface area contributed by atoms with E-state index in [9.17, 15) is 0 Å². The van der Waals surface area contributed by atoms with Crippen molar-refractivity contribution in [3.63, 3.8) is 0 Å². The van der Waals surface area contributed by atoms with Gasteiger partial charge in [0.25, 0.3) is 0 Å². The number of thiazole rings is 1. The van der Waals surface area contributed by atoms with Crippen molar-refractivity contribution in [3.05, 3.63) is 45.6 Å². The molecule has 1 saturated heterocycles. The van der Waals surface area contributed by atoms with Gasteiger partial charge in [-0.2, -0.15) is 0 Å². The number of piperazine rings is 1. The van der Waals surface area contributed by atoms with Crippen LogP contribution in [0.4, 0.5) is 0 Å². The summed E-state index contributed by atoms with van der Waals surface area (Å²) >= 11 is 7.50. The molecule has 6 heteroatoms. The Morgan fingerprint density at radius 1 is 1.47 bits per heavy atom. The van der Waals surface area contributed by atoms with Crippen LogP contribution < -0.4 is 5.32 Å². The van der Waals surface area contributed by atoms with Gasteiger partial charge in [0.1, 0.15) is 9.34 Å². The van der Waals surface area contributed by atoms with Crippen molar-refractivity contribution < 1.29 is 0 Å². The first kappa shape index (κ1) is 13.0. The predicted octanol–water partition coefficient (Wildman–Crippen LogP) is 2.34. The van der Waals surface area contributed by atoms with Crippen LogP contribution in [0, 0.1) is 0 Å². The third kappa shape index (κ3) is 3.12. The van der Waals surface area contributed by atoms with Crippen molar-refractivity contribution in [2.45, 2.75) is 12.6 Å². The molecule has 0 spiro atoms. The Morgan fingerprint density at radius 2 is 2.42 bits per heavy atom. The molecule has 3 rings (SSSR count). The Balaban J connectivity index is 1.77. The summed E-state index contributed by atoms with van der Waals surface area (Å²) in [5.41, 5.74) is 1.25. The molecule has 1 atom stereocenters. The largest absolute Gasteiger partial charge is 0.314 e. The van der Waals surface area contributed by atoms with Gasteiger partial charge in [0.2, 0.25) is 0 Å². The lowest BCUT2D eigenvalue weighted by Crippen LogP contribution is -2.45. The van der Waals surface area contributed by atoms with E-state index in [0.717, 1.165) is 35.5 Å². The van der Waals surface area contributed by atoms with Crippen LogP contribution in [-0.2, 0) is 6.54 Å². The first-order chi connectivity index (χ1) is 9.33. The zero-order valence-electron chi connectivity index (χ0n) is 10.4. The molecule has 100 valence electrons. The minimum absolute atomic E-state index is 0.352. The van der Waals surface area contributed by atoms with E-state index in [2.05, 4.69) is 26.3 Å². The van der Waals surface area contributed by atoms with E-state index in [4.69, 9.17) is 11.6 Å². The van der Waals surface area contributed by atoms with E-state index in [-0.39, 0.29) is 0 Å². The van der Waals surface area contributed by atoms with Crippen LogP contribution >= 0.6 is 22.9 Å². The third-order valence-electron chi connectivity index (χ3n) is 3.29. The van der Waals surface area contributed by atoms with Crippen LogP contribution in [0.5, 0.6) is 0 Å². The van der Waals surface area contributed by atoms with Crippen molar-refractivity contribution in [2.24, 2.45) is 0 Å². The Kier molecular flexibility index (Phi) is 4.08. The maximum absolute atomic E-state index is 5.95. The molecule has 2 aromatic heterocycles. The van der Waals surface area contributed by atoms with Crippen molar-refractivity contribution in [3.8, 4) is 0 Å². The number of nitrogens with one attached hydrogen (secondary N) is 1. The summed E-state index contributed by atoms with van der Waals surface area (Å²) in [6, 6.07) is 4.47. The summed E-state index contributed by atoms with van der Waals surface area (Å²) in [5.74, 6) is 0. The molecule has 0 saturated carbocycles. The normalized spacial score (nSPS) is 20.6. The molecule has 1 aliphatic heterocycles. The molecule has 19 heavy (non-hydrogen) atoms. The molecule has 1 unspecified atom stereocenters. The van der Waals surface area contributed by atoms with Gasteiger partial charge in [-0.15, -0.1) is 11.3 Å². The number of hydrogen-bond acceptors (Lipinski definition) is 5. The highest BCUT2D eigenvalue weighted by molar-refractivity contribution is 7.15. The molecule has 1 aliphatic rings. The number of hydrogen-bond donors (Lipinski definition) is 1. The molecular weight excluding hydrogens is 280 g/mol. The Labute approximate surface area is 121 Å². The van der Waals surface area contributed by atoms with E-state index < -0.39 is 0 Å². The van der Waals surface area contributed by atoms with Crippen molar-refractivity contribution >= 4 is 22.9 Å². The van der Waals surface area contributed by atoms with Crippen molar-refractivity contribution in [1.82, 2.24) is 20.2 Å². The van der Waals surface area contributed by atoms with Crippen molar-refractivity contribution in [1.29, 1.82) is 0 Å². The maximum Gasteiger partial charge on any atom is 0.113 e. The third-order valence-corrected chi connectivity index (χ3v) is 4.39. The van der Waals surface area contributed by atoms with E-state index in [0.29, 0.717) is 6.04 Å². The van der Waals surface area contributed by atoms with Gasteiger partial charge in [0, 0.05) is 38.1 Å². The lowest BCUT2D eigenvalue weighted by atomic mass is 10.1. The van der Waals surface area contributed by atoms with Gasteiger partial charge >= 0.3 is 0 Å². The fourth-order valence-corrected chi connectivity index (χ4v) is 3.35. The van der Waals surface area contributed by atoms with Gasteiger partial charge < -0.3 is 5.32 Å². The molecule has 0 aromatic carbocycles. The minimum atomic E-state index is 0.352. The molecule has 1 fully saturated rings. The summed E-state index contributed by atoms with van der Waals surface area (Å²) < 4.78 is 0.753. The second kappa shape index (κ2) is 5.96. The smallest absolute Gasteiger partial charge is 0.113 e. The van der Waals surface area contributed by atoms with Gasteiger partial charge in [-0.25, -0.2) is 4.98 Å². The Morgan fingerprint density at radius 3 is 3.16 bits per heavy atom. The molecule has 0 aliphatic carbocycles. The average Bonchev–Trinajstić information content (AvgIpc) is 2.86. The Bertz CT molecular complexity index is 530. The minimum Gasteiger partial charge on any atom is -0.314 e. The van der Waals surface area contributed by atoms with E-state index >= 15 is 0 Å². The van der Waals surface area contributed by atoms with Crippen LogP contribution in [0.25, 0.3) is 0 Å². The highest BCUT2D eigenvalue weighted by Gasteiger charge is 2.24. The molecular formula is C13H15ClN4S. The molecule has 0 bridgehead atoms. The summed E-state index contributed by atoms with van der Waals surface area (Å²) in [7, 11) is 0. The summed E-state index contributed by atoms with van der Waals surface area (Å²) in [6.07, 6.45) is 5.48. The van der Waals surface area contributed by atoms with Gasteiger partial charge in [-0.3, -0.25) is 9.88 Å². The highest BCUT2D eigenvalue weighted by atomic mass is 35.5. The maximum atomic E-state index is 5.95. The second-order valence-corrected chi connectivity index (χ2v) is 6.28. The molecule has 2 aromatic rings. The van der Waals surface area contributed by atoms with Gasteiger partial charge in [0.15, 0.2) is 0 Å². The quantitative estimate of drug-likeness (QED) is 0.943. The topological polar surface area (TPSA) is 41.1 Å². The molecule has 3 heterocycles. The van der Waals surface area contributed by atoms with Gasteiger partial charge in [-0.05, 0) is 11.6 Å². The lowest BCUT2D eigenvalue weighted by molar-refractivity contribution is 0.153. The summed E-state index contributed by atoms with van der Waals surface area (Å²) in [6.45, 7) is 3.82. The number of aromatic nitrogens is 2. The number of pyridine rings is 1. The van der Waals surface area contributed by atoms with Crippen molar-refractivity contribution in [2.75, 3.05) is 19.6 Å². The van der Waals surface area contributed by atoms with Crippen LogP contribution in [-0.4, -0.2) is 34.5 Å². The first-order valence-corrected chi connectivity index (χ1v) is 7.47. The lowest BCUT2D eigenvalue weighted by Gasteiger charge is -2.35. The second-order valence-electron chi connectivity index (χ2n) is 4.53. The SMILES string of the molecule is Clc1cnc(CN2CCNCC2c2cccnc2)s1. The zero-order valence-corrected chi connectivity index (χ0v) is 12.0. The van der Waals surface area contributed by atoms with E-state index in [1.54, 1.807) is 17.5 Å². The first-order valence-electron chi connectivity index (χ1n) is 6.28. The van der Waals surface area contributed by atoms with Gasteiger partial charge in [0.05, 0.1) is 12.7 Å². The van der Waals surface area contributed by atoms with Crippen LogP contribution in [0.15, 0.2) is 30.7 Å². The van der Waals surface area contributed by atoms with Crippen LogP contribution in [0.1, 0.15) is 16.6 Å². The molecule has 0 amide bonds. The highest BCUT2D eigenvalue weighted by Crippen LogP contribution is 2.26. The monoisotopic (exact) mass is 294 g/mol. The van der Waals surface area contributed by atoms with Crippen LogP contribution in [0.3, 0.4) is 0 Å². The number of halogens is 1. The zero-order chi connectivity index (χ0) is 13.1. The number of nitrogens with zero attached hydrogens (tertiary/aromatic N) is 3. The predicted molar refractivity (Wildman–Crippen MR) is 77.4 cm³/mol. The van der Waals surface area contributed by atoms with E-state index in [1.807, 2.05) is 18.5 Å². The standard InChI is InChI=1S/C13H15ClN4S/c14-12-8-17-13(19-12)9-18-5-4-16-7-11(18)10-2-1-3-15-6-10/h1-3,6,8,11,16H,4-5,7,9H2. The average molecular weight is 295 g/mol.